The van der Waals surface area contributed by atoms with E-state index in [4.69, 9.17) is 4.74 Å². The van der Waals surface area contributed by atoms with E-state index in [2.05, 4.69) is 11.9 Å². The molecular formula is C13H17N3O5. The van der Waals surface area contributed by atoms with Crippen LogP contribution in [0.25, 0.3) is 0 Å². The van der Waals surface area contributed by atoms with Crippen LogP contribution in [0.5, 0.6) is 0 Å². The van der Waals surface area contributed by atoms with Gasteiger partial charge in [-0.25, -0.2) is 0 Å². The van der Waals surface area contributed by atoms with Gasteiger partial charge in [-0.1, -0.05) is 12.2 Å². The molecule has 0 radical (unpaired) electrons. The number of nitrogens with one attached hydrogen (secondary N) is 1. The molecule has 0 aliphatic rings. The molecule has 0 aliphatic carbocycles. The van der Waals surface area contributed by atoms with Crippen LogP contribution in [-0.4, -0.2) is 29.6 Å². The summed E-state index contributed by atoms with van der Waals surface area (Å²) in [7, 11) is 0. The van der Waals surface area contributed by atoms with E-state index < -0.39 is 9.85 Å². The summed E-state index contributed by atoms with van der Waals surface area (Å²) in [6.07, 6.45) is 0. The molecule has 114 valence electrons. The molecule has 0 bridgehead atoms. The maximum atomic E-state index is 10.9. The summed E-state index contributed by atoms with van der Waals surface area (Å²) in [5.41, 5.74) is 0.751. The van der Waals surface area contributed by atoms with Gasteiger partial charge in [-0.05, 0) is 13.0 Å². The molecule has 8 nitrogen and oxygen atoms in total. The normalized spacial score (nSPS) is 10.3. The van der Waals surface area contributed by atoms with Crippen LogP contribution in [0.4, 0.5) is 11.4 Å². The number of rotatable bonds is 9. The Hall–Kier alpha value is -2.32. The highest BCUT2D eigenvalue weighted by atomic mass is 16.6. The minimum atomic E-state index is -0.657. The van der Waals surface area contributed by atoms with E-state index in [1.165, 1.54) is 12.1 Å². The van der Waals surface area contributed by atoms with Crippen LogP contribution in [0.3, 0.4) is 0 Å². The Balaban J connectivity index is 2.56. The minimum absolute atomic E-state index is 0.241. The molecule has 0 spiro atoms. The van der Waals surface area contributed by atoms with Gasteiger partial charge in [0.1, 0.15) is 0 Å². The third kappa shape index (κ3) is 5.67. The van der Waals surface area contributed by atoms with Crippen molar-refractivity contribution in [2.75, 3.05) is 19.8 Å². The van der Waals surface area contributed by atoms with Crippen molar-refractivity contribution < 1.29 is 14.6 Å². The van der Waals surface area contributed by atoms with E-state index in [1.807, 2.05) is 6.92 Å². The molecule has 0 saturated heterocycles. The van der Waals surface area contributed by atoms with Crippen LogP contribution >= 0.6 is 0 Å². The lowest BCUT2D eigenvalue weighted by Crippen LogP contribution is -2.20. The highest BCUT2D eigenvalue weighted by molar-refractivity contribution is 5.49. The lowest BCUT2D eigenvalue weighted by atomic mass is 10.1. The van der Waals surface area contributed by atoms with E-state index in [0.29, 0.717) is 25.3 Å². The molecule has 0 amide bonds. The third-order valence-electron chi connectivity index (χ3n) is 2.56. The fraction of sp³-hybridized carbons (Fsp3) is 0.385. The van der Waals surface area contributed by atoms with Crippen molar-refractivity contribution in [1.82, 2.24) is 5.32 Å². The number of non-ortho nitro benzene ring substituents is 1. The molecule has 0 aromatic heterocycles. The second kappa shape index (κ2) is 8.08. The summed E-state index contributed by atoms with van der Waals surface area (Å²) >= 11 is 0. The summed E-state index contributed by atoms with van der Waals surface area (Å²) in [4.78, 5) is 20.3. The van der Waals surface area contributed by atoms with Gasteiger partial charge in [0.05, 0.1) is 29.1 Å². The van der Waals surface area contributed by atoms with Gasteiger partial charge in [0, 0.05) is 24.7 Å². The van der Waals surface area contributed by atoms with Crippen LogP contribution in [-0.2, 0) is 11.3 Å². The number of nitro groups is 2. The predicted octanol–water partition coefficient (Wildman–Crippen LogP) is 2.19. The molecule has 8 heteroatoms. The lowest BCUT2D eigenvalue weighted by molar-refractivity contribution is -0.394. The smallest absolute Gasteiger partial charge is 0.280 e. The van der Waals surface area contributed by atoms with E-state index >= 15 is 0 Å². The van der Waals surface area contributed by atoms with E-state index in [0.717, 1.165) is 11.6 Å². The van der Waals surface area contributed by atoms with Gasteiger partial charge in [0.2, 0.25) is 0 Å². The number of hydrogen-bond acceptors (Lipinski definition) is 6. The van der Waals surface area contributed by atoms with Gasteiger partial charge in [-0.15, -0.1) is 0 Å². The molecule has 1 rings (SSSR count). The highest BCUT2D eigenvalue weighted by Gasteiger charge is 2.18. The molecule has 0 heterocycles. The largest absolute Gasteiger partial charge is 0.376 e. The minimum Gasteiger partial charge on any atom is -0.376 e. The van der Waals surface area contributed by atoms with Crippen molar-refractivity contribution in [3.05, 3.63) is 56.1 Å². The van der Waals surface area contributed by atoms with Crippen LogP contribution < -0.4 is 5.32 Å². The summed E-state index contributed by atoms with van der Waals surface area (Å²) in [6, 6.07) is 3.61. The first-order chi connectivity index (χ1) is 9.91. The second-order valence-corrected chi connectivity index (χ2v) is 4.51. The van der Waals surface area contributed by atoms with Crippen LogP contribution in [0.2, 0.25) is 0 Å². The van der Waals surface area contributed by atoms with E-state index in [1.54, 1.807) is 0 Å². The number of hydrogen-bond donors (Lipinski definition) is 1. The first-order valence-corrected chi connectivity index (χ1v) is 6.26. The Morgan fingerprint density at radius 2 is 2.05 bits per heavy atom. The van der Waals surface area contributed by atoms with Crippen molar-refractivity contribution >= 4 is 11.4 Å². The van der Waals surface area contributed by atoms with Gasteiger partial charge in [0.15, 0.2) is 0 Å². The molecule has 21 heavy (non-hydrogen) atoms. The van der Waals surface area contributed by atoms with E-state index in [9.17, 15) is 20.2 Å². The van der Waals surface area contributed by atoms with Crippen molar-refractivity contribution in [2.24, 2.45) is 0 Å². The molecule has 0 saturated carbocycles. The zero-order valence-electron chi connectivity index (χ0n) is 11.7. The number of nitro benzene ring substituents is 2. The van der Waals surface area contributed by atoms with Crippen molar-refractivity contribution in [2.45, 2.75) is 13.5 Å². The maximum Gasteiger partial charge on any atom is 0.280 e. The van der Waals surface area contributed by atoms with Gasteiger partial charge < -0.3 is 10.1 Å². The molecule has 1 aromatic carbocycles. The highest BCUT2D eigenvalue weighted by Crippen LogP contribution is 2.24. The summed E-state index contributed by atoms with van der Waals surface area (Å²) in [5.74, 6) is 0. The SMILES string of the molecule is C=C(C)COCCNCc1ccc([N+](=O)[O-])cc1[N+](=O)[O-]. The molecule has 1 N–H and O–H groups in total. The standard InChI is InChI=1S/C13H17N3O5/c1-10(2)9-21-6-5-14-8-11-3-4-12(15(17)18)7-13(11)16(19)20/h3-4,7,14H,1,5-6,8-9H2,2H3. The van der Waals surface area contributed by atoms with Crippen molar-refractivity contribution in [1.29, 1.82) is 0 Å². The predicted molar refractivity (Wildman–Crippen MR) is 77.1 cm³/mol. The topological polar surface area (TPSA) is 108 Å². The average molecular weight is 295 g/mol. The third-order valence-corrected chi connectivity index (χ3v) is 2.56. The maximum absolute atomic E-state index is 10.9. The second-order valence-electron chi connectivity index (χ2n) is 4.51. The van der Waals surface area contributed by atoms with Gasteiger partial charge in [-0.2, -0.15) is 0 Å². The van der Waals surface area contributed by atoms with Crippen LogP contribution in [0, 0.1) is 20.2 Å². The summed E-state index contributed by atoms with van der Waals surface area (Å²) in [5, 5.41) is 24.5. The number of ether oxygens (including phenoxy) is 1. The molecule has 1 aromatic rings. The first-order valence-electron chi connectivity index (χ1n) is 6.26. The summed E-state index contributed by atoms with van der Waals surface area (Å²) < 4.78 is 5.28. The Morgan fingerprint density at radius 1 is 1.33 bits per heavy atom. The average Bonchev–Trinajstić information content (AvgIpc) is 2.42. The fourth-order valence-electron chi connectivity index (χ4n) is 1.60. The monoisotopic (exact) mass is 295 g/mol. The molecule has 0 fully saturated rings. The Morgan fingerprint density at radius 3 is 2.62 bits per heavy atom. The molecule has 0 aliphatic heterocycles. The molecular weight excluding hydrogens is 278 g/mol. The van der Waals surface area contributed by atoms with E-state index in [-0.39, 0.29) is 17.9 Å². The van der Waals surface area contributed by atoms with Crippen molar-refractivity contribution in [3.63, 3.8) is 0 Å². The zero-order chi connectivity index (χ0) is 15.8. The van der Waals surface area contributed by atoms with Gasteiger partial charge in [0.25, 0.3) is 11.4 Å². The van der Waals surface area contributed by atoms with Gasteiger partial charge >= 0.3 is 0 Å². The number of nitrogens with zero attached hydrogens (tertiary/aromatic N) is 2. The fourth-order valence-corrected chi connectivity index (χ4v) is 1.60. The van der Waals surface area contributed by atoms with Gasteiger partial charge in [-0.3, -0.25) is 20.2 Å². The zero-order valence-corrected chi connectivity index (χ0v) is 11.7. The Bertz CT molecular complexity index is 545. The summed E-state index contributed by atoms with van der Waals surface area (Å²) in [6.45, 7) is 7.23. The number of benzene rings is 1. The lowest BCUT2D eigenvalue weighted by Gasteiger charge is -2.06. The Kier molecular flexibility index (Phi) is 6.44. The van der Waals surface area contributed by atoms with Crippen LogP contribution in [0.15, 0.2) is 30.4 Å². The molecule has 0 atom stereocenters. The van der Waals surface area contributed by atoms with Crippen molar-refractivity contribution in [3.8, 4) is 0 Å². The molecule has 0 unspecified atom stereocenters. The Labute approximate surface area is 121 Å². The first kappa shape index (κ1) is 16.7. The quantitative estimate of drug-likeness (QED) is 0.324. The van der Waals surface area contributed by atoms with Crippen LogP contribution in [0.1, 0.15) is 12.5 Å².